The Kier molecular flexibility index (Phi) is 8.97. The number of carbonyl (C=O) groups is 3. The molecule has 1 amide bonds. The van der Waals surface area contributed by atoms with Gasteiger partial charge in [-0.3, -0.25) is 24.0 Å². The van der Waals surface area contributed by atoms with Crippen LogP contribution in [0.2, 0.25) is 0 Å². The second kappa shape index (κ2) is 13.2. The van der Waals surface area contributed by atoms with E-state index in [2.05, 4.69) is 54.0 Å². The van der Waals surface area contributed by atoms with Crippen LogP contribution in [-0.2, 0) is 29.0 Å². The number of halogens is 1. The number of fused-ring (bicyclic) bond motifs is 3. The van der Waals surface area contributed by atoms with E-state index >= 15 is 0 Å². The Balaban J connectivity index is 1.20. The summed E-state index contributed by atoms with van der Waals surface area (Å²) in [4.78, 5) is 63.4. The van der Waals surface area contributed by atoms with Crippen LogP contribution in [0, 0.1) is 12.3 Å². The molecule has 3 atom stereocenters. The van der Waals surface area contributed by atoms with Gasteiger partial charge in [-0.2, -0.15) is 5.10 Å². The SMILES string of the molecule is CC(=O)c1nn(CC(=O)N2[C@H]3C[C@]4(C[C@@H]24)CN(C)CCCCCCCc2ccc(Br)nc2CC3=O)c2cnc(-c3cnc(C)nc3)cc12. The van der Waals surface area contributed by atoms with E-state index in [0.29, 0.717) is 33.4 Å². The number of pyridine rings is 2. The summed E-state index contributed by atoms with van der Waals surface area (Å²) in [7, 11) is 2.16. The number of amides is 1. The summed E-state index contributed by atoms with van der Waals surface area (Å²) >= 11 is 3.51. The largest absolute Gasteiger partial charge is 0.327 e. The quantitative estimate of drug-likeness (QED) is 0.208. The predicted molar refractivity (Wildman–Crippen MR) is 184 cm³/mol. The molecule has 0 N–H and O–H groups in total. The van der Waals surface area contributed by atoms with Gasteiger partial charge in [-0.05, 0) is 86.2 Å². The van der Waals surface area contributed by atoms with Crippen molar-refractivity contribution in [2.24, 2.45) is 5.41 Å². The second-order valence-electron chi connectivity index (χ2n) is 13.9. The summed E-state index contributed by atoms with van der Waals surface area (Å²) in [6, 6.07) is 5.29. The van der Waals surface area contributed by atoms with Gasteiger partial charge >= 0.3 is 0 Å². The van der Waals surface area contributed by atoms with E-state index in [-0.39, 0.29) is 47.6 Å². The lowest BCUT2D eigenvalue weighted by Gasteiger charge is -2.27. The van der Waals surface area contributed by atoms with E-state index in [0.717, 1.165) is 62.0 Å². The Morgan fingerprint density at radius 2 is 1.79 bits per heavy atom. The van der Waals surface area contributed by atoms with Crippen LogP contribution in [0.4, 0.5) is 0 Å². The van der Waals surface area contributed by atoms with Gasteiger partial charge in [-0.15, -0.1) is 0 Å². The van der Waals surface area contributed by atoms with Crippen LogP contribution < -0.4 is 0 Å². The molecule has 1 saturated heterocycles. The Hall–Kier alpha value is -3.90. The first-order chi connectivity index (χ1) is 23.1. The molecule has 2 fully saturated rings. The fourth-order valence-corrected chi connectivity index (χ4v) is 8.19. The molecule has 7 rings (SSSR count). The van der Waals surface area contributed by atoms with E-state index in [1.807, 2.05) is 17.9 Å². The molecular formula is C36H41BrN8O3. The van der Waals surface area contributed by atoms with Crippen LogP contribution in [0.15, 0.2) is 41.4 Å². The Bertz CT molecular complexity index is 1890. The molecule has 3 aliphatic rings. The number of aryl methyl sites for hydroxylation is 2. The first-order valence-electron chi connectivity index (χ1n) is 16.9. The van der Waals surface area contributed by atoms with Crippen molar-refractivity contribution < 1.29 is 14.4 Å². The zero-order valence-electron chi connectivity index (χ0n) is 27.8. The van der Waals surface area contributed by atoms with Gasteiger partial charge in [0.2, 0.25) is 5.91 Å². The van der Waals surface area contributed by atoms with E-state index in [1.54, 1.807) is 29.3 Å². The maximum absolute atomic E-state index is 14.3. The number of Topliss-reactive ketones (excluding diaryl/α,β-unsaturated/α-hetero) is 2. The molecular weight excluding hydrogens is 672 g/mol. The smallest absolute Gasteiger partial charge is 0.245 e. The van der Waals surface area contributed by atoms with Crippen LogP contribution in [0.25, 0.3) is 22.2 Å². The third kappa shape index (κ3) is 6.44. The van der Waals surface area contributed by atoms with Crippen LogP contribution in [0.3, 0.4) is 0 Å². The molecule has 0 aromatic carbocycles. The van der Waals surface area contributed by atoms with Crippen LogP contribution >= 0.6 is 15.9 Å². The molecule has 12 heteroatoms. The number of ketones is 2. The highest BCUT2D eigenvalue weighted by atomic mass is 79.9. The van der Waals surface area contributed by atoms with Crippen molar-refractivity contribution in [1.29, 1.82) is 0 Å². The number of carbonyl (C=O) groups excluding carboxylic acids is 3. The van der Waals surface area contributed by atoms with Gasteiger partial charge in [0, 0.05) is 48.3 Å². The van der Waals surface area contributed by atoms with E-state index in [4.69, 9.17) is 4.98 Å². The molecule has 48 heavy (non-hydrogen) atoms. The number of hydrogen-bond donors (Lipinski definition) is 0. The molecule has 1 spiro atoms. The van der Waals surface area contributed by atoms with Gasteiger partial charge in [0.1, 0.15) is 22.7 Å². The van der Waals surface area contributed by atoms with Gasteiger partial charge in [0.05, 0.1) is 35.6 Å². The summed E-state index contributed by atoms with van der Waals surface area (Å²) < 4.78 is 2.28. The van der Waals surface area contributed by atoms with Crippen LogP contribution in [0.5, 0.6) is 0 Å². The summed E-state index contributed by atoms with van der Waals surface area (Å²) in [5, 5.41) is 5.23. The van der Waals surface area contributed by atoms with E-state index < -0.39 is 6.04 Å². The van der Waals surface area contributed by atoms with Crippen molar-refractivity contribution >= 4 is 44.3 Å². The third-order valence-corrected chi connectivity index (χ3v) is 10.8. The topological polar surface area (TPSA) is 127 Å². The molecule has 6 heterocycles. The average Bonchev–Trinajstić information content (AvgIpc) is 3.45. The van der Waals surface area contributed by atoms with Gasteiger partial charge in [-0.25, -0.2) is 15.0 Å². The average molecular weight is 714 g/mol. The maximum atomic E-state index is 14.3. The lowest BCUT2D eigenvalue weighted by atomic mass is 9.93. The van der Waals surface area contributed by atoms with E-state index in [9.17, 15) is 14.4 Å². The first kappa shape index (κ1) is 32.6. The Labute approximate surface area is 288 Å². The zero-order chi connectivity index (χ0) is 33.6. The molecule has 4 aromatic heterocycles. The highest BCUT2D eigenvalue weighted by molar-refractivity contribution is 9.10. The normalized spacial score (nSPS) is 23.6. The van der Waals surface area contributed by atoms with Gasteiger partial charge < -0.3 is 9.80 Å². The molecule has 2 bridgehead atoms. The maximum Gasteiger partial charge on any atom is 0.245 e. The summed E-state index contributed by atoms with van der Waals surface area (Å²) in [5.41, 5.74) is 4.00. The monoisotopic (exact) mass is 712 g/mol. The van der Waals surface area contributed by atoms with Crippen molar-refractivity contribution in [1.82, 2.24) is 39.5 Å². The summed E-state index contributed by atoms with van der Waals surface area (Å²) in [6.45, 7) is 5.07. The highest BCUT2D eigenvalue weighted by Gasteiger charge is 2.67. The molecule has 250 valence electrons. The zero-order valence-corrected chi connectivity index (χ0v) is 29.4. The van der Waals surface area contributed by atoms with Gasteiger partial charge in [0.15, 0.2) is 11.6 Å². The van der Waals surface area contributed by atoms with E-state index in [1.165, 1.54) is 19.8 Å². The lowest BCUT2D eigenvalue weighted by molar-refractivity contribution is -0.139. The van der Waals surface area contributed by atoms with Crippen molar-refractivity contribution in [3.63, 3.8) is 0 Å². The Morgan fingerprint density at radius 3 is 2.58 bits per heavy atom. The molecule has 2 aliphatic heterocycles. The minimum Gasteiger partial charge on any atom is -0.327 e. The number of nitrogens with zero attached hydrogens (tertiary/aromatic N) is 8. The van der Waals surface area contributed by atoms with Crippen molar-refractivity contribution in [2.45, 2.75) is 90.3 Å². The number of likely N-dealkylation sites (tertiary alicyclic amines) is 1. The molecule has 0 radical (unpaired) electrons. The minimum absolute atomic E-state index is 0.00704. The molecule has 11 nitrogen and oxygen atoms in total. The van der Waals surface area contributed by atoms with Crippen molar-refractivity contribution in [3.8, 4) is 11.3 Å². The number of piperidine rings is 1. The summed E-state index contributed by atoms with van der Waals surface area (Å²) in [5.74, 6) is 0.302. The number of hydrogen-bond acceptors (Lipinski definition) is 9. The fourth-order valence-electron chi connectivity index (χ4n) is 7.85. The molecule has 0 unspecified atom stereocenters. The fraction of sp³-hybridized carbons (Fsp3) is 0.500. The van der Waals surface area contributed by atoms with Crippen molar-refractivity contribution in [2.75, 3.05) is 20.1 Å². The van der Waals surface area contributed by atoms with Crippen molar-refractivity contribution in [3.05, 3.63) is 64.2 Å². The number of aromatic nitrogens is 6. The second-order valence-corrected chi connectivity index (χ2v) is 14.7. The summed E-state index contributed by atoms with van der Waals surface area (Å²) in [6.07, 6.45) is 13.4. The Morgan fingerprint density at radius 1 is 1.02 bits per heavy atom. The van der Waals surface area contributed by atoms with Gasteiger partial charge in [0.25, 0.3) is 0 Å². The standard InChI is InChI=1S/C36H41BrN8O3/c1-22(46)35-26-13-27(25-17-38-23(2)39-18-25)40-19-30(26)44(42-35)20-34(48)45-29-15-36(16-32(36)45)21-43(3)12-8-6-4-5-7-9-24-10-11-33(37)41-28(24)14-31(29)47/h10-11,13,17-19,29,32H,4-9,12,14-16,20-21H2,1-3H3/t29-,32+,36-/m0/s1. The lowest BCUT2D eigenvalue weighted by Crippen LogP contribution is -2.45. The van der Waals surface area contributed by atoms with Crippen LogP contribution in [-0.4, -0.2) is 89.2 Å². The third-order valence-electron chi connectivity index (χ3n) is 10.4. The predicted octanol–water partition coefficient (Wildman–Crippen LogP) is 5.17. The van der Waals surface area contributed by atoms with Gasteiger partial charge in [-0.1, -0.05) is 25.3 Å². The first-order valence-corrected chi connectivity index (χ1v) is 17.7. The van der Waals surface area contributed by atoms with Crippen LogP contribution in [0.1, 0.15) is 79.4 Å². The molecule has 1 aliphatic carbocycles. The molecule has 1 saturated carbocycles. The minimum atomic E-state index is -0.536. The number of rotatable bonds is 4. The highest BCUT2D eigenvalue weighted by Crippen LogP contribution is 2.60. The molecule has 4 aromatic rings.